The number of ether oxygens (including phenoxy) is 2. The molecule has 1 unspecified atom stereocenters. The maximum atomic E-state index is 12.4. The van der Waals surface area contributed by atoms with E-state index in [1.807, 2.05) is 6.07 Å². The molecule has 4 N–H and O–H groups in total. The first-order valence-corrected chi connectivity index (χ1v) is 8.29. The van der Waals surface area contributed by atoms with Crippen LogP contribution in [0.15, 0.2) is 42.5 Å². The minimum absolute atomic E-state index is 0.182. The molecule has 144 valence electrons. The summed E-state index contributed by atoms with van der Waals surface area (Å²) < 4.78 is 10.6. The van der Waals surface area contributed by atoms with Crippen LogP contribution in [0.3, 0.4) is 0 Å². The number of anilines is 2. The van der Waals surface area contributed by atoms with Gasteiger partial charge in [0.25, 0.3) is 5.91 Å². The first kappa shape index (κ1) is 20.1. The van der Waals surface area contributed by atoms with E-state index >= 15 is 0 Å². The number of carbonyl (C=O) groups is 2. The lowest BCUT2D eigenvalue weighted by Crippen LogP contribution is -2.38. The summed E-state index contributed by atoms with van der Waals surface area (Å²) in [6, 6.07) is 11.0. The number of aliphatic hydroxyl groups excluding tert-OH is 1. The fraction of sp³-hybridized carbons (Fsp3) is 0.263. The predicted octanol–water partition coefficient (Wildman–Crippen LogP) is 2.46. The van der Waals surface area contributed by atoms with Crippen molar-refractivity contribution in [2.75, 3.05) is 31.5 Å². The highest BCUT2D eigenvalue weighted by Gasteiger charge is 2.16. The van der Waals surface area contributed by atoms with Crippen molar-refractivity contribution in [1.82, 2.24) is 5.32 Å². The lowest BCUT2D eigenvalue weighted by molar-refractivity contribution is 0.102. The molecule has 0 saturated carbocycles. The monoisotopic (exact) mass is 373 g/mol. The average Bonchev–Trinajstić information content (AvgIpc) is 2.68. The average molecular weight is 373 g/mol. The van der Waals surface area contributed by atoms with Crippen molar-refractivity contribution in [3.05, 3.63) is 48.0 Å². The quantitative estimate of drug-likeness (QED) is 0.596. The predicted molar refractivity (Wildman–Crippen MR) is 103 cm³/mol. The van der Waals surface area contributed by atoms with Gasteiger partial charge in [-0.05, 0) is 19.1 Å². The summed E-state index contributed by atoms with van der Waals surface area (Å²) in [6.07, 6.45) is 0. The molecule has 0 bridgehead atoms. The summed E-state index contributed by atoms with van der Waals surface area (Å²) >= 11 is 0. The van der Waals surface area contributed by atoms with Crippen molar-refractivity contribution in [2.24, 2.45) is 0 Å². The fourth-order valence-corrected chi connectivity index (χ4v) is 2.30. The highest BCUT2D eigenvalue weighted by Crippen LogP contribution is 2.36. The smallest absolute Gasteiger partial charge is 0.319 e. The molecule has 0 aliphatic heterocycles. The molecule has 1 atom stereocenters. The Balaban J connectivity index is 2.24. The molecule has 0 aliphatic rings. The van der Waals surface area contributed by atoms with Gasteiger partial charge in [-0.3, -0.25) is 4.79 Å². The van der Waals surface area contributed by atoms with Gasteiger partial charge >= 0.3 is 6.03 Å². The number of carbonyl (C=O) groups excluding carboxylic acids is 2. The largest absolute Gasteiger partial charge is 0.494 e. The van der Waals surface area contributed by atoms with Crippen LogP contribution in [-0.4, -0.2) is 43.9 Å². The molecular formula is C19H23N3O5. The van der Waals surface area contributed by atoms with Crippen LogP contribution in [0.1, 0.15) is 17.3 Å². The molecule has 0 saturated heterocycles. The third-order valence-electron chi connectivity index (χ3n) is 3.71. The molecule has 2 aromatic rings. The molecule has 0 fully saturated rings. The molecule has 0 spiro atoms. The Hall–Kier alpha value is -3.26. The molecule has 0 radical (unpaired) electrons. The number of urea groups is 1. The molecule has 0 aliphatic carbocycles. The summed E-state index contributed by atoms with van der Waals surface area (Å²) in [4.78, 5) is 24.4. The second kappa shape index (κ2) is 9.44. The van der Waals surface area contributed by atoms with E-state index in [1.54, 1.807) is 43.3 Å². The Morgan fingerprint density at radius 1 is 1.00 bits per heavy atom. The lowest BCUT2D eigenvalue weighted by Gasteiger charge is -2.17. The zero-order chi connectivity index (χ0) is 19.8. The van der Waals surface area contributed by atoms with Crippen LogP contribution in [0.2, 0.25) is 0 Å². The van der Waals surface area contributed by atoms with Gasteiger partial charge in [0.05, 0.1) is 38.2 Å². The zero-order valence-corrected chi connectivity index (χ0v) is 15.4. The van der Waals surface area contributed by atoms with Crippen molar-refractivity contribution in [2.45, 2.75) is 13.0 Å². The zero-order valence-electron chi connectivity index (χ0n) is 15.4. The number of benzene rings is 2. The van der Waals surface area contributed by atoms with Crippen LogP contribution in [0.5, 0.6) is 11.5 Å². The molecule has 2 rings (SSSR count). The Kier molecular flexibility index (Phi) is 7.01. The van der Waals surface area contributed by atoms with Crippen LogP contribution in [0, 0.1) is 0 Å². The minimum atomic E-state index is -0.502. The molecule has 0 heterocycles. The number of nitrogens with one attached hydrogen (secondary N) is 3. The molecule has 27 heavy (non-hydrogen) atoms. The number of rotatable bonds is 7. The van der Waals surface area contributed by atoms with Crippen molar-refractivity contribution < 1.29 is 24.2 Å². The number of amides is 3. The maximum Gasteiger partial charge on any atom is 0.319 e. The first-order valence-electron chi connectivity index (χ1n) is 8.29. The number of hydrogen-bond acceptors (Lipinski definition) is 5. The molecule has 0 aromatic heterocycles. The van der Waals surface area contributed by atoms with Gasteiger partial charge in [0.2, 0.25) is 0 Å². The number of hydrogen-bond donors (Lipinski definition) is 4. The summed E-state index contributed by atoms with van der Waals surface area (Å²) in [5, 5.41) is 17.0. The molecule has 3 amide bonds. The Bertz CT molecular complexity index is 795. The Morgan fingerprint density at radius 3 is 2.07 bits per heavy atom. The second-order valence-corrected chi connectivity index (χ2v) is 5.76. The van der Waals surface area contributed by atoms with Crippen LogP contribution in [-0.2, 0) is 0 Å². The van der Waals surface area contributed by atoms with Gasteiger partial charge in [0.1, 0.15) is 11.5 Å². The summed E-state index contributed by atoms with van der Waals surface area (Å²) in [5.74, 6) is 0.391. The third-order valence-corrected chi connectivity index (χ3v) is 3.71. The molecular weight excluding hydrogens is 350 g/mol. The van der Waals surface area contributed by atoms with Crippen LogP contribution < -0.4 is 25.4 Å². The van der Waals surface area contributed by atoms with E-state index < -0.39 is 12.1 Å². The van der Waals surface area contributed by atoms with Crippen molar-refractivity contribution in [1.29, 1.82) is 0 Å². The fourth-order valence-electron chi connectivity index (χ4n) is 2.30. The lowest BCUT2D eigenvalue weighted by atomic mass is 10.2. The minimum Gasteiger partial charge on any atom is -0.494 e. The van der Waals surface area contributed by atoms with Crippen LogP contribution in [0.4, 0.5) is 16.2 Å². The van der Waals surface area contributed by atoms with Gasteiger partial charge < -0.3 is 30.5 Å². The van der Waals surface area contributed by atoms with E-state index in [1.165, 1.54) is 14.2 Å². The maximum absolute atomic E-state index is 12.4. The molecule has 8 heteroatoms. The van der Waals surface area contributed by atoms with Gasteiger partial charge in [-0.2, -0.15) is 0 Å². The van der Waals surface area contributed by atoms with Gasteiger partial charge in [-0.15, -0.1) is 0 Å². The molecule has 2 aromatic carbocycles. The van der Waals surface area contributed by atoms with E-state index in [0.717, 1.165) is 0 Å². The van der Waals surface area contributed by atoms with E-state index in [9.17, 15) is 9.59 Å². The topological polar surface area (TPSA) is 109 Å². The Labute approximate surface area is 157 Å². The summed E-state index contributed by atoms with van der Waals surface area (Å²) in [5.41, 5.74) is 1.26. The van der Waals surface area contributed by atoms with Gasteiger partial charge in [0.15, 0.2) is 0 Å². The van der Waals surface area contributed by atoms with Crippen LogP contribution in [0.25, 0.3) is 0 Å². The van der Waals surface area contributed by atoms with Gasteiger partial charge in [-0.1, -0.05) is 18.2 Å². The van der Waals surface area contributed by atoms with Gasteiger partial charge in [0, 0.05) is 17.7 Å². The van der Waals surface area contributed by atoms with Gasteiger partial charge in [-0.25, -0.2) is 4.79 Å². The van der Waals surface area contributed by atoms with E-state index in [2.05, 4.69) is 16.0 Å². The van der Waals surface area contributed by atoms with Crippen molar-refractivity contribution >= 4 is 23.3 Å². The van der Waals surface area contributed by atoms with Crippen molar-refractivity contribution in [3.8, 4) is 11.5 Å². The van der Waals surface area contributed by atoms with E-state index in [-0.39, 0.29) is 12.5 Å². The third kappa shape index (κ3) is 5.35. The highest BCUT2D eigenvalue weighted by atomic mass is 16.5. The summed E-state index contributed by atoms with van der Waals surface area (Å²) in [7, 11) is 2.90. The van der Waals surface area contributed by atoms with E-state index in [4.69, 9.17) is 14.6 Å². The highest BCUT2D eigenvalue weighted by molar-refractivity contribution is 6.05. The second-order valence-electron chi connectivity index (χ2n) is 5.76. The van der Waals surface area contributed by atoms with Crippen LogP contribution >= 0.6 is 0 Å². The van der Waals surface area contributed by atoms with E-state index in [0.29, 0.717) is 28.4 Å². The SMILES string of the molecule is COc1cc(NC(=O)c2ccccc2)c(OC)cc1NC(=O)NC(C)CO. The van der Waals surface area contributed by atoms with Crippen molar-refractivity contribution in [3.63, 3.8) is 0 Å². The Morgan fingerprint density at radius 2 is 1.56 bits per heavy atom. The first-order chi connectivity index (χ1) is 13.0. The number of methoxy groups -OCH3 is 2. The normalized spacial score (nSPS) is 11.3. The standard InChI is InChI=1S/C19H23N3O5/c1-12(11-23)20-19(25)22-15-10-16(26-2)14(9-17(15)27-3)21-18(24)13-7-5-4-6-8-13/h4-10,12,23H,11H2,1-3H3,(H,21,24)(H2,20,22,25). The molecule has 8 nitrogen and oxygen atoms in total. The number of aliphatic hydroxyl groups is 1. The summed E-state index contributed by atoms with van der Waals surface area (Å²) in [6.45, 7) is 1.48.